The number of carbonyl (C=O) groups excluding carboxylic acids is 1. The maximum absolute atomic E-state index is 12.0. The summed E-state index contributed by atoms with van der Waals surface area (Å²) in [4.78, 5) is 26.4. The zero-order valence-corrected chi connectivity index (χ0v) is 13.3. The molecule has 1 aliphatic heterocycles. The fraction of sp³-hybridized carbons (Fsp3) is 0.600. The Balaban J connectivity index is 1.88. The lowest BCUT2D eigenvalue weighted by Crippen LogP contribution is -2.47. The van der Waals surface area contributed by atoms with Gasteiger partial charge in [-0.05, 0) is 32.9 Å². The molecule has 2 N–H and O–H groups in total. The predicted molar refractivity (Wildman–Crippen MR) is 80.8 cm³/mol. The Morgan fingerprint density at radius 1 is 1.23 bits per heavy atom. The maximum atomic E-state index is 12.0. The minimum atomic E-state index is -0.876. The van der Waals surface area contributed by atoms with Gasteiger partial charge in [-0.25, -0.2) is 4.79 Å². The van der Waals surface area contributed by atoms with Gasteiger partial charge in [-0.15, -0.1) is 0 Å². The summed E-state index contributed by atoms with van der Waals surface area (Å²) in [5.74, 6) is 0.784. The lowest BCUT2D eigenvalue weighted by atomic mass is 10.1. The number of nitrogens with zero attached hydrogens (tertiary/aromatic N) is 2. The number of hydrogen-bond donors (Lipinski definition) is 2. The summed E-state index contributed by atoms with van der Waals surface area (Å²) in [6.07, 6.45) is -0.876. The molecule has 22 heavy (non-hydrogen) atoms. The maximum Gasteiger partial charge on any atom is 0.407 e. The minimum absolute atomic E-state index is 0.227. The minimum Gasteiger partial charge on any atom is -0.465 e. The lowest BCUT2D eigenvalue weighted by Gasteiger charge is -2.32. The summed E-state index contributed by atoms with van der Waals surface area (Å²) < 4.78 is 5.58. The first-order chi connectivity index (χ1) is 10.2. The number of carboxylic acid groups (broad SMARTS) is 1. The average Bonchev–Trinajstić information content (AvgIpc) is 2.86. The smallest absolute Gasteiger partial charge is 0.407 e. The molecule has 0 radical (unpaired) electrons. The van der Waals surface area contributed by atoms with Gasteiger partial charge in [0.15, 0.2) is 5.76 Å². The largest absolute Gasteiger partial charge is 0.465 e. The van der Waals surface area contributed by atoms with Crippen LogP contribution in [0.25, 0.3) is 0 Å². The van der Waals surface area contributed by atoms with Crippen LogP contribution in [0.5, 0.6) is 0 Å². The van der Waals surface area contributed by atoms with Crippen molar-refractivity contribution in [2.24, 2.45) is 0 Å². The van der Waals surface area contributed by atoms with Crippen LogP contribution in [-0.2, 0) is 6.54 Å². The highest BCUT2D eigenvalue weighted by Gasteiger charge is 2.22. The van der Waals surface area contributed by atoms with E-state index >= 15 is 0 Å². The summed E-state index contributed by atoms with van der Waals surface area (Å²) in [6.45, 7) is 8.63. The van der Waals surface area contributed by atoms with Crippen LogP contribution in [0.15, 0.2) is 16.5 Å². The fourth-order valence-corrected chi connectivity index (χ4v) is 2.30. The number of rotatable bonds is 3. The van der Waals surface area contributed by atoms with Crippen LogP contribution in [-0.4, -0.2) is 58.6 Å². The normalized spacial score (nSPS) is 16.6. The number of furan rings is 1. The van der Waals surface area contributed by atoms with Crippen LogP contribution >= 0.6 is 0 Å². The Morgan fingerprint density at radius 3 is 2.41 bits per heavy atom. The number of carbonyl (C=O) groups is 2. The second-order valence-corrected chi connectivity index (χ2v) is 6.52. The first kappa shape index (κ1) is 16.4. The molecule has 1 aromatic rings. The standard InChI is InChI=1S/C15H23N3O4/c1-15(2,3)16-13(19)12-5-4-11(22-12)10-17-6-8-18(9-7-17)14(20)21/h4-5H,6-10H2,1-3H3,(H,16,19)(H,20,21). The molecule has 0 aliphatic carbocycles. The van der Waals surface area contributed by atoms with Crippen molar-refractivity contribution in [3.63, 3.8) is 0 Å². The van der Waals surface area contributed by atoms with Crippen LogP contribution in [0, 0.1) is 0 Å². The number of nitrogens with one attached hydrogen (secondary N) is 1. The molecule has 0 spiro atoms. The van der Waals surface area contributed by atoms with Gasteiger partial charge < -0.3 is 19.7 Å². The quantitative estimate of drug-likeness (QED) is 0.886. The van der Waals surface area contributed by atoms with Crippen LogP contribution in [0.1, 0.15) is 37.1 Å². The number of hydrogen-bond acceptors (Lipinski definition) is 4. The third kappa shape index (κ3) is 4.49. The molecule has 0 saturated carbocycles. The third-order valence-electron chi connectivity index (χ3n) is 3.40. The zero-order valence-electron chi connectivity index (χ0n) is 13.3. The lowest BCUT2D eigenvalue weighted by molar-refractivity contribution is 0.0874. The molecule has 0 aromatic carbocycles. The Hall–Kier alpha value is -2.02. The molecule has 1 aliphatic rings. The van der Waals surface area contributed by atoms with Crippen molar-refractivity contribution in [3.8, 4) is 0 Å². The van der Waals surface area contributed by atoms with Crippen LogP contribution in [0.3, 0.4) is 0 Å². The Bertz CT molecular complexity index is 539. The molecule has 2 amide bonds. The van der Waals surface area contributed by atoms with Crippen molar-refractivity contribution in [3.05, 3.63) is 23.7 Å². The number of piperazine rings is 1. The topological polar surface area (TPSA) is 86.0 Å². The Kier molecular flexibility index (Phi) is 4.75. The molecule has 7 nitrogen and oxygen atoms in total. The average molecular weight is 309 g/mol. The van der Waals surface area contributed by atoms with E-state index in [1.54, 1.807) is 12.1 Å². The van der Waals surface area contributed by atoms with Crippen LogP contribution in [0.4, 0.5) is 4.79 Å². The van der Waals surface area contributed by atoms with Gasteiger partial charge in [0, 0.05) is 31.7 Å². The Morgan fingerprint density at radius 2 is 1.86 bits per heavy atom. The van der Waals surface area contributed by atoms with Gasteiger partial charge in [0.25, 0.3) is 5.91 Å². The van der Waals surface area contributed by atoms with Crippen molar-refractivity contribution in [1.29, 1.82) is 0 Å². The van der Waals surface area contributed by atoms with Gasteiger partial charge >= 0.3 is 6.09 Å². The summed E-state index contributed by atoms with van der Waals surface area (Å²) in [5, 5.41) is 11.8. The highest BCUT2D eigenvalue weighted by molar-refractivity contribution is 5.91. The Labute approximate surface area is 129 Å². The van der Waals surface area contributed by atoms with Crippen molar-refractivity contribution >= 4 is 12.0 Å². The van der Waals surface area contributed by atoms with Crippen molar-refractivity contribution in [2.75, 3.05) is 26.2 Å². The van der Waals surface area contributed by atoms with E-state index in [0.29, 0.717) is 44.2 Å². The van der Waals surface area contributed by atoms with E-state index in [9.17, 15) is 9.59 Å². The predicted octanol–water partition coefficient (Wildman–Crippen LogP) is 1.60. The van der Waals surface area contributed by atoms with E-state index in [1.807, 2.05) is 20.8 Å². The molecule has 2 rings (SSSR count). The van der Waals surface area contributed by atoms with Crippen molar-refractivity contribution in [1.82, 2.24) is 15.1 Å². The van der Waals surface area contributed by atoms with E-state index in [0.717, 1.165) is 0 Å². The molecule has 0 bridgehead atoms. The van der Waals surface area contributed by atoms with Gasteiger partial charge in [-0.3, -0.25) is 9.69 Å². The first-order valence-electron chi connectivity index (χ1n) is 7.36. The van der Waals surface area contributed by atoms with E-state index in [2.05, 4.69) is 10.2 Å². The van der Waals surface area contributed by atoms with Crippen molar-refractivity contribution < 1.29 is 19.1 Å². The molecule has 2 heterocycles. The fourth-order valence-electron chi connectivity index (χ4n) is 2.30. The van der Waals surface area contributed by atoms with E-state index in [1.165, 1.54) is 4.90 Å². The van der Waals surface area contributed by atoms with E-state index in [-0.39, 0.29) is 11.4 Å². The SMILES string of the molecule is CC(C)(C)NC(=O)c1ccc(CN2CCN(C(=O)O)CC2)o1. The van der Waals surface area contributed by atoms with E-state index in [4.69, 9.17) is 9.52 Å². The van der Waals surface area contributed by atoms with Gasteiger partial charge in [0.2, 0.25) is 0 Å². The third-order valence-corrected chi connectivity index (χ3v) is 3.40. The molecule has 122 valence electrons. The molecule has 7 heteroatoms. The molecule has 0 atom stereocenters. The molecule has 1 aromatic heterocycles. The molecule has 1 fully saturated rings. The van der Waals surface area contributed by atoms with Crippen molar-refractivity contribution in [2.45, 2.75) is 32.9 Å². The first-order valence-corrected chi connectivity index (χ1v) is 7.36. The van der Waals surface area contributed by atoms with Gasteiger partial charge in [0.05, 0.1) is 6.54 Å². The highest BCUT2D eigenvalue weighted by atomic mass is 16.4. The van der Waals surface area contributed by atoms with Crippen LogP contribution < -0.4 is 5.32 Å². The monoisotopic (exact) mass is 309 g/mol. The van der Waals surface area contributed by atoms with Gasteiger partial charge in [-0.1, -0.05) is 0 Å². The summed E-state index contributed by atoms with van der Waals surface area (Å²) in [5.41, 5.74) is -0.308. The molecule has 0 unspecified atom stereocenters. The summed E-state index contributed by atoms with van der Waals surface area (Å²) >= 11 is 0. The highest BCUT2D eigenvalue weighted by Crippen LogP contribution is 2.13. The van der Waals surface area contributed by atoms with Gasteiger partial charge in [-0.2, -0.15) is 0 Å². The van der Waals surface area contributed by atoms with E-state index < -0.39 is 6.09 Å². The molecular formula is C15H23N3O4. The zero-order chi connectivity index (χ0) is 16.3. The molecule has 1 saturated heterocycles. The second kappa shape index (κ2) is 6.39. The molecular weight excluding hydrogens is 286 g/mol. The summed E-state index contributed by atoms with van der Waals surface area (Å²) in [7, 11) is 0. The number of amides is 2. The van der Waals surface area contributed by atoms with Gasteiger partial charge in [0.1, 0.15) is 5.76 Å². The summed E-state index contributed by atoms with van der Waals surface area (Å²) in [6, 6.07) is 3.46. The van der Waals surface area contributed by atoms with Crippen LogP contribution in [0.2, 0.25) is 0 Å². The second-order valence-electron chi connectivity index (χ2n) is 6.52.